The van der Waals surface area contributed by atoms with Gasteiger partial charge >= 0.3 is 5.97 Å². The average Bonchev–Trinajstić information content (AvgIpc) is 2.93. The van der Waals surface area contributed by atoms with Crippen LogP contribution in [0.15, 0.2) is 18.2 Å². The molecule has 1 aliphatic carbocycles. The molecule has 6 nitrogen and oxygen atoms in total. The van der Waals surface area contributed by atoms with E-state index in [2.05, 4.69) is 10.9 Å². The smallest absolute Gasteiger partial charge is 0.307 e. The molecule has 1 heterocycles. The number of amides is 2. The summed E-state index contributed by atoms with van der Waals surface area (Å²) in [6.07, 6.45) is 5.09. The number of nitrogens with one attached hydrogen (secondary N) is 2. The molecule has 23 heavy (non-hydrogen) atoms. The van der Waals surface area contributed by atoms with Crippen molar-refractivity contribution in [2.24, 2.45) is 11.8 Å². The Morgan fingerprint density at radius 3 is 2.43 bits per heavy atom. The van der Waals surface area contributed by atoms with Gasteiger partial charge in [-0.1, -0.05) is 19.1 Å². The van der Waals surface area contributed by atoms with Crippen molar-refractivity contribution in [2.75, 3.05) is 0 Å². The number of aliphatic carboxylic acids is 1. The zero-order valence-corrected chi connectivity index (χ0v) is 13.9. The number of thiophene rings is 1. The molecule has 2 amide bonds. The van der Waals surface area contributed by atoms with Crippen LogP contribution >= 0.6 is 11.3 Å². The van der Waals surface area contributed by atoms with E-state index in [9.17, 15) is 19.5 Å². The van der Waals surface area contributed by atoms with Crippen molar-refractivity contribution in [3.8, 4) is 0 Å². The molecule has 1 aliphatic rings. The summed E-state index contributed by atoms with van der Waals surface area (Å²) in [5, 5.41) is 9.17. The van der Waals surface area contributed by atoms with Crippen molar-refractivity contribution in [3.05, 3.63) is 33.5 Å². The van der Waals surface area contributed by atoms with E-state index in [1.54, 1.807) is 18.2 Å². The van der Waals surface area contributed by atoms with Crippen LogP contribution in [0.5, 0.6) is 0 Å². The maximum absolute atomic E-state index is 12.2. The van der Waals surface area contributed by atoms with E-state index >= 15 is 0 Å². The van der Waals surface area contributed by atoms with Crippen molar-refractivity contribution in [1.29, 1.82) is 0 Å². The highest BCUT2D eigenvalue weighted by Crippen LogP contribution is 2.26. The molecule has 1 aromatic rings. The highest BCUT2D eigenvalue weighted by molar-refractivity contribution is 7.14. The molecule has 7 heteroatoms. The first-order valence-corrected chi connectivity index (χ1v) is 8.33. The standard InChI is InChI=1S/C16H20N2O4S/c1-3-12-9(2)8-13(23-12)15(20)18-17-14(19)10-6-4-5-7-11(10)16(21)22/h4-5,8,10-11H,3,6-7H2,1-2H3,(H,17,19)(H,18,20)(H,21,22). The van der Waals surface area contributed by atoms with Gasteiger partial charge in [0.2, 0.25) is 5.91 Å². The van der Waals surface area contributed by atoms with Gasteiger partial charge in [0, 0.05) is 4.88 Å². The molecule has 2 unspecified atom stereocenters. The number of hydrazine groups is 1. The molecular formula is C16H20N2O4S. The molecule has 3 N–H and O–H groups in total. The normalized spacial score (nSPS) is 20.1. The molecule has 0 aliphatic heterocycles. The molecule has 0 fully saturated rings. The summed E-state index contributed by atoms with van der Waals surface area (Å²) in [6.45, 7) is 3.96. The van der Waals surface area contributed by atoms with Crippen LogP contribution in [0.4, 0.5) is 0 Å². The molecule has 0 spiro atoms. The fourth-order valence-electron chi connectivity index (χ4n) is 2.63. The molecule has 0 aromatic carbocycles. The second-order valence-corrected chi connectivity index (χ2v) is 6.64. The van der Waals surface area contributed by atoms with E-state index in [1.165, 1.54) is 11.3 Å². The number of carboxylic acids is 1. The summed E-state index contributed by atoms with van der Waals surface area (Å²) in [5.41, 5.74) is 5.78. The lowest BCUT2D eigenvalue weighted by Gasteiger charge is -2.24. The summed E-state index contributed by atoms with van der Waals surface area (Å²) in [4.78, 5) is 37.1. The quantitative estimate of drug-likeness (QED) is 0.579. The van der Waals surface area contributed by atoms with Gasteiger partial charge < -0.3 is 5.11 Å². The zero-order chi connectivity index (χ0) is 17.0. The number of hydrogen-bond acceptors (Lipinski definition) is 4. The topological polar surface area (TPSA) is 95.5 Å². The van der Waals surface area contributed by atoms with E-state index in [1.807, 2.05) is 13.8 Å². The van der Waals surface area contributed by atoms with E-state index < -0.39 is 23.7 Å². The molecule has 124 valence electrons. The number of carbonyl (C=O) groups excluding carboxylic acids is 2. The van der Waals surface area contributed by atoms with E-state index in [-0.39, 0.29) is 5.91 Å². The molecule has 0 bridgehead atoms. The second kappa shape index (κ2) is 7.41. The van der Waals surface area contributed by atoms with Gasteiger partial charge in [-0.05, 0) is 37.8 Å². The summed E-state index contributed by atoms with van der Waals surface area (Å²) in [7, 11) is 0. The van der Waals surface area contributed by atoms with Gasteiger partial charge in [-0.25, -0.2) is 0 Å². The Labute approximate surface area is 138 Å². The molecular weight excluding hydrogens is 316 g/mol. The predicted octanol–water partition coefficient (Wildman–Crippen LogP) is 2.05. The van der Waals surface area contributed by atoms with Crippen LogP contribution in [0.2, 0.25) is 0 Å². The highest BCUT2D eigenvalue weighted by atomic mass is 32.1. The Morgan fingerprint density at radius 2 is 1.87 bits per heavy atom. The zero-order valence-electron chi connectivity index (χ0n) is 13.1. The number of carboxylic acid groups (broad SMARTS) is 1. The van der Waals surface area contributed by atoms with E-state index in [0.29, 0.717) is 17.7 Å². The summed E-state index contributed by atoms with van der Waals surface area (Å²) >= 11 is 1.39. The van der Waals surface area contributed by atoms with Crippen LogP contribution in [-0.4, -0.2) is 22.9 Å². The third kappa shape index (κ3) is 3.98. The lowest BCUT2D eigenvalue weighted by molar-refractivity contribution is -0.147. The Morgan fingerprint density at radius 1 is 1.22 bits per heavy atom. The fraction of sp³-hybridized carbons (Fsp3) is 0.438. The second-order valence-electron chi connectivity index (χ2n) is 5.51. The summed E-state index contributed by atoms with van der Waals surface area (Å²) in [5.74, 6) is -3.28. The third-order valence-corrected chi connectivity index (χ3v) is 5.33. The SMILES string of the molecule is CCc1sc(C(=O)NNC(=O)C2CC=CCC2C(=O)O)cc1C. The van der Waals surface area contributed by atoms with Gasteiger partial charge in [-0.15, -0.1) is 11.3 Å². The van der Waals surface area contributed by atoms with Crippen molar-refractivity contribution in [1.82, 2.24) is 10.9 Å². The first kappa shape index (κ1) is 17.2. The van der Waals surface area contributed by atoms with Gasteiger partial charge in [0.25, 0.3) is 5.91 Å². The Bertz CT molecular complexity index is 651. The minimum Gasteiger partial charge on any atom is -0.481 e. The largest absolute Gasteiger partial charge is 0.481 e. The first-order valence-electron chi connectivity index (χ1n) is 7.51. The summed E-state index contributed by atoms with van der Waals surface area (Å²) in [6, 6.07) is 1.79. The van der Waals surface area contributed by atoms with Gasteiger partial charge in [0.05, 0.1) is 16.7 Å². The molecule has 2 rings (SSSR count). The lowest BCUT2D eigenvalue weighted by atomic mass is 9.82. The van der Waals surface area contributed by atoms with E-state index in [0.717, 1.165) is 16.9 Å². The molecule has 0 saturated heterocycles. The van der Waals surface area contributed by atoms with Crippen molar-refractivity contribution >= 4 is 29.1 Å². The monoisotopic (exact) mass is 336 g/mol. The minimum absolute atomic E-state index is 0.325. The van der Waals surface area contributed by atoms with Crippen LogP contribution in [0.1, 0.15) is 39.9 Å². The highest BCUT2D eigenvalue weighted by Gasteiger charge is 2.34. The number of hydrogen-bond donors (Lipinski definition) is 3. The van der Waals surface area contributed by atoms with Crippen molar-refractivity contribution < 1.29 is 19.5 Å². The third-order valence-electron chi connectivity index (χ3n) is 3.95. The summed E-state index contributed by atoms with van der Waals surface area (Å²) < 4.78 is 0. The number of carbonyl (C=O) groups is 3. The van der Waals surface area contributed by atoms with Crippen LogP contribution in [-0.2, 0) is 16.0 Å². The van der Waals surface area contributed by atoms with Gasteiger partial charge in [0.1, 0.15) is 0 Å². The Hall–Kier alpha value is -2.15. The first-order chi connectivity index (χ1) is 10.9. The average molecular weight is 336 g/mol. The number of allylic oxidation sites excluding steroid dienone is 2. The lowest BCUT2D eigenvalue weighted by Crippen LogP contribution is -2.47. The van der Waals surface area contributed by atoms with Crippen molar-refractivity contribution in [2.45, 2.75) is 33.1 Å². The van der Waals surface area contributed by atoms with E-state index in [4.69, 9.17) is 0 Å². The Kier molecular flexibility index (Phi) is 5.54. The van der Waals surface area contributed by atoms with Crippen molar-refractivity contribution in [3.63, 3.8) is 0 Å². The minimum atomic E-state index is -0.998. The molecule has 0 radical (unpaired) electrons. The number of rotatable bonds is 4. The number of aryl methyl sites for hydroxylation is 2. The van der Waals surface area contributed by atoms with Crippen LogP contribution in [0, 0.1) is 18.8 Å². The van der Waals surface area contributed by atoms with Gasteiger partial charge in [-0.2, -0.15) is 0 Å². The fourth-order valence-corrected chi connectivity index (χ4v) is 3.64. The Balaban J connectivity index is 1.96. The maximum atomic E-state index is 12.2. The molecule has 1 aromatic heterocycles. The van der Waals surface area contributed by atoms with Crippen LogP contribution in [0.25, 0.3) is 0 Å². The van der Waals surface area contributed by atoms with Crippen LogP contribution in [0.3, 0.4) is 0 Å². The van der Waals surface area contributed by atoms with Gasteiger partial charge in [-0.3, -0.25) is 25.2 Å². The maximum Gasteiger partial charge on any atom is 0.307 e. The molecule has 2 atom stereocenters. The van der Waals surface area contributed by atoms with Gasteiger partial charge in [0.15, 0.2) is 0 Å². The van der Waals surface area contributed by atoms with Crippen LogP contribution < -0.4 is 10.9 Å². The molecule has 0 saturated carbocycles. The predicted molar refractivity (Wildman–Crippen MR) is 87.0 cm³/mol.